The van der Waals surface area contributed by atoms with Gasteiger partial charge >= 0.3 is 0 Å². The third kappa shape index (κ3) is 3.93. The molecule has 0 saturated carbocycles. The van der Waals surface area contributed by atoms with Crippen molar-refractivity contribution in [3.05, 3.63) is 36.7 Å². The highest BCUT2D eigenvalue weighted by Gasteiger charge is 2.24. The Kier molecular flexibility index (Phi) is 5.48. The minimum absolute atomic E-state index is 0.0723. The molecule has 0 aliphatic carbocycles. The van der Waals surface area contributed by atoms with Gasteiger partial charge in [0.2, 0.25) is 5.95 Å². The van der Waals surface area contributed by atoms with E-state index in [1.165, 1.54) is 4.68 Å². The largest absolute Gasteiger partial charge is 0.378 e. The van der Waals surface area contributed by atoms with E-state index < -0.39 is 0 Å². The molecule has 10 heteroatoms. The molecule has 6 rings (SSSR count). The lowest BCUT2D eigenvalue weighted by molar-refractivity contribution is 0.0785. The Morgan fingerprint density at radius 3 is 2.71 bits per heavy atom. The first-order valence-electron chi connectivity index (χ1n) is 11.8. The maximum Gasteiger partial charge on any atom is 0.263 e. The Morgan fingerprint density at radius 2 is 1.88 bits per heavy atom. The number of aromatic nitrogens is 5. The van der Waals surface area contributed by atoms with E-state index in [4.69, 9.17) is 14.7 Å². The van der Waals surface area contributed by atoms with Crippen molar-refractivity contribution < 1.29 is 9.53 Å². The quantitative estimate of drug-likeness (QED) is 0.492. The van der Waals surface area contributed by atoms with Crippen molar-refractivity contribution in [1.82, 2.24) is 34.5 Å². The number of rotatable bonds is 4. The molecule has 0 radical (unpaired) electrons. The van der Waals surface area contributed by atoms with Gasteiger partial charge in [-0.15, -0.1) is 0 Å². The molecule has 0 amide bonds. The van der Waals surface area contributed by atoms with Gasteiger partial charge in [-0.05, 0) is 24.6 Å². The van der Waals surface area contributed by atoms with E-state index >= 15 is 0 Å². The van der Waals surface area contributed by atoms with Crippen LogP contribution in [0.25, 0.3) is 33.2 Å². The molecule has 1 aromatic carbocycles. The number of nitrogens with one attached hydrogen (secondary N) is 1. The molecule has 0 spiro atoms. The van der Waals surface area contributed by atoms with Crippen LogP contribution in [-0.4, -0.2) is 107 Å². The molecule has 5 heterocycles. The highest BCUT2D eigenvalue weighted by Crippen LogP contribution is 2.30. The van der Waals surface area contributed by atoms with Gasteiger partial charge in [0, 0.05) is 56.5 Å². The van der Waals surface area contributed by atoms with Gasteiger partial charge in [0.05, 0.1) is 37.0 Å². The molecule has 176 valence electrons. The van der Waals surface area contributed by atoms with Crippen LogP contribution < -0.4 is 4.90 Å². The average molecular weight is 461 g/mol. The zero-order chi connectivity index (χ0) is 23.1. The first kappa shape index (κ1) is 21.2. The molecule has 3 aromatic heterocycles. The van der Waals surface area contributed by atoms with Crippen LogP contribution in [0.1, 0.15) is 4.79 Å². The Balaban J connectivity index is 1.42. The molecular formula is C24H28N8O2. The average Bonchev–Trinajstić information content (AvgIpc) is 3.52. The van der Waals surface area contributed by atoms with E-state index in [1.54, 1.807) is 6.20 Å². The van der Waals surface area contributed by atoms with Crippen LogP contribution >= 0.6 is 0 Å². The van der Waals surface area contributed by atoms with Crippen LogP contribution in [0.5, 0.6) is 0 Å². The Labute approximate surface area is 197 Å². The van der Waals surface area contributed by atoms with Crippen molar-refractivity contribution in [2.24, 2.45) is 0 Å². The zero-order valence-electron chi connectivity index (χ0n) is 19.3. The monoisotopic (exact) mass is 460 g/mol. The number of anilines is 1. The third-order valence-corrected chi connectivity index (χ3v) is 6.73. The summed E-state index contributed by atoms with van der Waals surface area (Å²) in [6.07, 6.45) is 3.65. The summed E-state index contributed by atoms with van der Waals surface area (Å²) in [5, 5.41) is 6.39. The maximum absolute atomic E-state index is 13.3. The fourth-order valence-corrected chi connectivity index (χ4v) is 4.66. The Hall–Kier alpha value is -3.34. The number of likely N-dealkylation sites (N-methyl/N-ethyl adjacent to an activating group) is 1. The van der Waals surface area contributed by atoms with E-state index in [2.05, 4.69) is 50.0 Å². The number of benzene rings is 1. The van der Waals surface area contributed by atoms with Crippen molar-refractivity contribution in [3.8, 4) is 11.3 Å². The van der Waals surface area contributed by atoms with E-state index in [1.807, 2.05) is 12.3 Å². The number of nitrogens with zero attached hydrogens (tertiary/aromatic N) is 7. The summed E-state index contributed by atoms with van der Waals surface area (Å²) in [6.45, 7) is 6.68. The number of morpholine rings is 1. The normalized spacial score (nSPS) is 18.2. The molecule has 0 bridgehead atoms. The predicted molar refractivity (Wildman–Crippen MR) is 130 cm³/mol. The second-order valence-electron chi connectivity index (χ2n) is 9.02. The second-order valence-corrected chi connectivity index (χ2v) is 9.02. The van der Waals surface area contributed by atoms with Crippen LogP contribution in [0.3, 0.4) is 0 Å². The molecule has 4 aromatic rings. The molecular weight excluding hydrogens is 432 g/mol. The van der Waals surface area contributed by atoms with Crippen molar-refractivity contribution in [1.29, 1.82) is 0 Å². The van der Waals surface area contributed by atoms with E-state index in [0.717, 1.165) is 53.7 Å². The molecule has 10 nitrogen and oxygen atoms in total. The summed E-state index contributed by atoms with van der Waals surface area (Å²) in [4.78, 5) is 32.9. The van der Waals surface area contributed by atoms with Crippen LogP contribution in [0.15, 0.2) is 36.7 Å². The predicted octanol–water partition coefficient (Wildman–Crippen LogP) is 1.70. The van der Waals surface area contributed by atoms with Crippen molar-refractivity contribution in [2.45, 2.75) is 0 Å². The number of aromatic amines is 1. The van der Waals surface area contributed by atoms with Crippen LogP contribution in [-0.2, 0) is 4.74 Å². The van der Waals surface area contributed by atoms with Gasteiger partial charge in [-0.1, -0.05) is 12.1 Å². The van der Waals surface area contributed by atoms with Gasteiger partial charge in [-0.2, -0.15) is 14.8 Å². The van der Waals surface area contributed by atoms with Crippen LogP contribution in [0.2, 0.25) is 0 Å². The lowest BCUT2D eigenvalue weighted by Crippen LogP contribution is -2.47. The Bertz CT molecular complexity index is 1330. The number of piperazine rings is 1. The molecule has 2 fully saturated rings. The standard InChI is InChI=1S/C24H28N8O2/c1-29-6-8-30(9-7-29)16-21(33)32-23-19(15-26-32)22(18-3-2-17-4-5-25-20(17)14-18)27-24(28-23)31-10-12-34-13-11-31/h2-5,14-15,25H,6-13,16H2,1H3. The van der Waals surface area contributed by atoms with Gasteiger partial charge in [-0.3, -0.25) is 9.69 Å². The highest BCUT2D eigenvalue weighted by atomic mass is 16.5. The lowest BCUT2D eigenvalue weighted by Gasteiger charge is -2.31. The molecule has 34 heavy (non-hydrogen) atoms. The first-order valence-corrected chi connectivity index (χ1v) is 11.8. The first-order chi connectivity index (χ1) is 16.7. The smallest absolute Gasteiger partial charge is 0.263 e. The SMILES string of the molecule is CN1CCN(CC(=O)n2ncc3c(-c4ccc5cc[nH]c5c4)nc(N4CCOCC4)nc32)CC1. The number of fused-ring (bicyclic) bond motifs is 2. The summed E-state index contributed by atoms with van der Waals surface area (Å²) in [5.74, 6) is 0.531. The van der Waals surface area contributed by atoms with Gasteiger partial charge < -0.3 is 19.5 Å². The number of hydrogen-bond donors (Lipinski definition) is 1. The van der Waals surface area contributed by atoms with E-state index in [0.29, 0.717) is 44.4 Å². The lowest BCUT2D eigenvalue weighted by atomic mass is 10.1. The highest BCUT2D eigenvalue weighted by molar-refractivity contribution is 5.98. The number of carbonyl (C=O) groups excluding carboxylic acids is 1. The van der Waals surface area contributed by atoms with E-state index in [9.17, 15) is 4.79 Å². The van der Waals surface area contributed by atoms with Crippen molar-refractivity contribution in [2.75, 3.05) is 71.0 Å². The molecule has 2 aliphatic heterocycles. The van der Waals surface area contributed by atoms with Gasteiger partial charge in [0.1, 0.15) is 0 Å². The van der Waals surface area contributed by atoms with E-state index in [-0.39, 0.29) is 5.91 Å². The number of H-pyrrole nitrogens is 1. The number of carbonyl (C=O) groups is 1. The maximum atomic E-state index is 13.3. The molecule has 2 aliphatic rings. The number of ether oxygens (including phenoxy) is 1. The van der Waals surface area contributed by atoms with Crippen LogP contribution in [0.4, 0.5) is 5.95 Å². The van der Waals surface area contributed by atoms with Gasteiger partial charge in [0.15, 0.2) is 5.65 Å². The fraction of sp³-hybridized carbons (Fsp3) is 0.417. The fourth-order valence-electron chi connectivity index (χ4n) is 4.66. The van der Waals surface area contributed by atoms with Gasteiger partial charge in [0.25, 0.3) is 5.91 Å². The second kappa shape index (κ2) is 8.79. The number of hydrogen-bond acceptors (Lipinski definition) is 8. The summed E-state index contributed by atoms with van der Waals surface area (Å²) in [6, 6.07) is 8.27. The zero-order valence-corrected chi connectivity index (χ0v) is 19.3. The molecule has 2 saturated heterocycles. The summed E-state index contributed by atoms with van der Waals surface area (Å²) in [7, 11) is 2.11. The molecule has 0 unspecified atom stereocenters. The van der Waals surface area contributed by atoms with Crippen LogP contribution in [0, 0.1) is 0 Å². The topological polar surface area (TPSA) is 95.4 Å². The minimum Gasteiger partial charge on any atom is -0.378 e. The van der Waals surface area contributed by atoms with Crippen molar-refractivity contribution in [3.63, 3.8) is 0 Å². The summed E-state index contributed by atoms with van der Waals surface area (Å²) >= 11 is 0. The minimum atomic E-state index is -0.0723. The molecule has 0 atom stereocenters. The Morgan fingerprint density at radius 1 is 1.06 bits per heavy atom. The third-order valence-electron chi connectivity index (χ3n) is 6.73. The summed E-state index contributed by atoms with van der Waals surface area (Å²) < 4.78 is 6.97. The summed E-state index contributed by atoms with van der Waals surface area (Å²) in [5.41, 5.74) is 3.33. The van der Waals surface area contributed by atoms with Gasteiger partial charge in [-0.25, -0.2) is 4.98 Å². The molecule has 1 N–H and O–H groups in total. The van der Waals surface area contributed by atoms with Crippen molar-refractivity contribution >= 4 is 33.8 Å².